The standard InChI is InChI=1S/C9H11N3O2S.CH3NO/c1-5-4-10-8-7(5)6(2)11-9(12-8)15(3,13)14;2-1-3/h4H,1-3H3,(H,10,11,12);1H,(H2,2,3). The van der Waals surface area contributed by atoms with Gasteiger partial charge in [-0.25, -0.2) is 18.4 Å². The minimum Gasteiger partial charge on any atom is -0.372 e. The Morgan fingerprint density at radius 2 is 1.89 bits per heavy atom. The molecule has 7 nitrogen and oxygen atoms in total. The van der Waals surface area contributed by atoms with E-state index in [1.54, 1.807) is 13.1 Å². The van der Waals surface area contributed by atoms with E-state index in [1.165, 1.54) is 0 Å². The van der Waals surface area contributed by atoms with Crippen molar-refractivity contribution < 1.29 is 13.2 Å². The third-order valence-electron chi connectivity index (χ3n) is 2.22. The van der Waals surface area contributed by atoms with E-state index in [-0.39, 0.29) is 11.6 Å². The van der Waals surface area contributed by atoms with Crippen molar-refractivity contribution in [2.45, 2.75) is 19.0 Å². The second-order valence-electron chi connectivity index (χ2n) is 3.70. The SMILES string of the molecule is Cc1c[nH]c2nc(S(C)(=O)=O)nc(C)c12.NC=O. The highest BCUT2D eigenvalue weighted by molar-refractivity contribution is 7.90. The number of hydrogen-bond acceptors (Lipinski definition) is 5. The number of nitrogens with one attached hydrogen (secondary N) is 1. The van der Waals surface area contributed by atoms with Crippen molar-refractivity contribution in [3.8, 4) is 0 Å². The number of nitrogens with two attached hydrogens (primary N) is 1. The first-order valence-corrected chi connectivity index (χ1v) is 6.88. The topological polar surface area (TPSA) is 119 Å². The van der Waals surface area contributed by atoms with E-state index < -0.39 is 9.84 Å². The summed E-state index contributed by atoms with van der Waals surface area (Å²) in [5, 5.41) is 0.761. The van der Waals surface area contributed by atoms with Gasteiger partial charge < -0.3 is 10.7 Å². The molecule has 0 unspecified atom stereocenters. The molecule has 8 heteroatoms. The summed E-state index contributed by atoms with van der Waals surface area (Å²) in [5.74, 6) is 0. The number of aromatic amines is 1. The smallest absolute Gasteiger partial charge is 0.249 e. The van der Waals surface area contributed by atoms with Gasteiger partial charge in [0, 0.05) is 17.8 Å². The number of H-pyrrole nitrogens is 1. The van der Waals surface area contributed by atoms with Crippen LogP contribution in [0.5, 0.6) is 0 Å². The number of amides is 1. The normalized spacial score (nSPS) is 10.8. The molecule has 2 aromatic heterocycles. The van der Waals surface area contributed by atoms with Crippen LogP contribution < -0.4 is 5.73 Å². The Balaban J connectivity index is 0.000000492. The molecule has 18 heavy (non-hydrogen) atoms. The number of carbonyl (C=O) groups excluding carboxylic acids is 1. The Bertz CT molecular complexity index is 676. The van der Waals surface area contributed by atoms with Gasteiger partial charge in [0.1, 0.15) is 5.65 Å². The summed E-state index contributed by atoms with van der Waals surface area (Å²) in [6.07, 6.45) is 3.14. The van der Waals surface area contributed by atoms with Crippen LogP contribution in [0.15, 0.2) is 11.4 Å². The molecule has 2 aromatic rings. The molecule has 0 saturated heterocycles. The molecule has 0 saturated carbocycles. The van der Waals surface area contributed by atoms with Crippen molar-refractivity contribution in [2.75, 3.05) is 6.26 Å². The largest absolute Gasteiger partial charge is 0.372 e. The van der Waals surface area contributed by atoms with Crippen LogP contribution in [0.3, 0.4) is 0 Å². The molecule has 98 valence electrons. The van der Waals surface area contributed by atoms with Crippen molar-refractivity contribution in [1.82, 2.24) is 15.0 Å². The number of fused-ring (bicyclic) bond motifs is 1. The van der Waals surface area contributed by atoms with Gasteiger partial charge in [-0.1, -0.05) is 0 Å². The Morgan fingerprint density at radius 3 is 2.39 bits per heavy atom. The van der Waals surface area contributed by atoms with E-state index in [4.69, 9.17) is 4.79 Å². The van der Waals surface area contributed by atoms with E-state index in [1.807, 2.05) is 6.92 Å². The molecule has 0 aromatic carbocycles. The van der Waals surface area contributed by atoms with Gasteiger partial charge in [-0.3, -0.25) is 4.79 Å². The van der Waals surface area contributed by atoms with Gasteiger partial charge >= 0.3 is 0 Å². The van der Waals surface area contributed by atoms with Gasteiger partial charge in [-0.15, -0.1) is 0 Å². The molecule has 0 aliphatic heterocycles. The van der Waals surface area contributed by atoms with Crippen LogP contribution in [0.2, 0.25) is 0 Å². The van der Waals surface area contributed by atoms with Crippen molar-refractivity contribution in [1.29, 1.82) is 0 Å². The lowest BCUT2D eigenvalue weighted by Crippen LogP contribution is -2.05. The molecule has 0 radical (unpaired) electrons. The minimum absolute atomic E-state index is 0.130. The third kappa shape index (κ3) is 2.83. The zero-order valence-electron chi connectivity index (χ0n) is 10.3. The Kier molecular flexibility index (Phi) is 4.02. The number of carbonyl (C=O) groups is 1. The van der Waals surface area contributed by atoms with Gasteiger partial charge in [0.05, 0.1) is 5.69 Å². The van der Waals surface area contributed by atoms with Gasteiger partial charge in [-0.2, -0.15) is 0 Å². The molecule has 3 N–H and O–H groups in total. The molecule has 0 aliphatic rings. The number of aromatic nitrogens is 3. The Hall–Kier alpha value is -1.96. The molecule has 2 rings (SSSR count). The first-order valence-electron chi connectivity index (χ1n) is 4.99. The van der Waals surface area contributed by atoms with Gasteiger partial charge in [0.15, 0.2) is 0 Å². The summed E-state index contributed by atoms with van der Waals surface area (Å²) in [7, 11) is -3.35. The van der Waals surface area contributed by atoms with Crippen LogP contribution in [0.25, 0.3) is 11.0 Å². The fraction of sp³-hybridized carbons (Fsp3) is 0.300. The quantitative estimate of drug-likeness (QED) is 0.562. The summed E-state index contributed by atoms with van der Waals surface area (Å²) in [6, 6.07) is 0. The van der Waals surface area contributed by atoms with Crippen molar-refractivity contribution >= 4 is 27.3 Å². The van der Waals surface area contributed by atoms with Crippen LogP contribution in [0, 0.1) is 13.8 Å². The predicted molar refractivity (Wildman–Crippen MR) is 66.7 cm³/mol. The molecular weight excluding hydrogens is 256 g/mol. The highest BCUT2D eigenvalue weighted by atomic mass is 32.2. The minimum atomic E-state index is -3.35. The second kappa shape index (κ2) is 5.13. The van der Waals surface area contributed by atoms with E-state index >= 15 is 0 Å². The van der Waals surface area contributed by atoms with E-state index in [2.05, 4.69) is 20.7 Å². The number of aryl methyl sites for hydroxylation is 2. The maximum atomic E-state index is 11.3. The van der Waals surface area contributed by atoms with E-state index in [0.29, 0.717) is 11.3 Å². The number of primary amides is 1. The van der Waals surface area contributed by atoms with Crippen LogP contribution in [0.1, 0.15) is 11.3 Å². The Morgan fingerprint density at radius 1 is 1.33 bits per heavy atom. The first kappa shape index (κ1) is 14.1. The van der Waals surface area contributed by atoms with Crippen molar-refractivity contribution in [3.63, 3.8) is 0 Å². The van der Waals surface area contributed by atoms with Gasteiger partial charge in [0.2, 0.25) is 21.4 Å². The zero-order chi connectivity index (χ0) is 13.9. The molecule has 0 atom stereocenters. The van der Waals surface area contributed by atoms with Crippen LogP contribution in [0.4, 0.5) is 0 Å². The molecule has 0 bridgehead atoms. The Labute approximate surface area is 104 Å². The second-order valence-corrected chi connectivity index (χ2v) is 5.60. The van der Waals surface area contributed by atoms with Gasteiger partial charge in [0.25, 0.3) is 0 Å². The maximum absolute atomic E-state index is 11.3. The molecule has 0 spiro atoms. The fourth-order valence-corrected chi connectivity index (χ4v) is 2.10. The summed E-state index contributed by atoms with van der Waals surface area (Å²) < 4.78 is 22.6. The predicted octanol–water partition coefficient (Wildman–Crippen LogP) is 0.0797. The van der Waals surface area contributed by atoms with E-state index in [0.717, 1.165) is 17.2 Å². The van der Waals surface area contributed by atoms with Crippen LogP contribution >= 0.6 is 0 Å². The average molecular weight is 270 g/mol. The molecule has 0 aliphatic carbocycles. The number of rotatable bonds is 1. The average Bonchev–Trinajstić information content (AvgIpc) is 2.60. The first-order chi connectivity index (χ1) is 8.31. The van der Waals surface area contributed by atoms with E-state index in [9.17, 15) is 8.42 Å². The maximum Gasteiger partial charge on any atom is 0.249 e. The summed E-state index contributed by atoms with van der Waals surface area (Å²) in [4.78, 5) is 19.5. The van der Waals surface area contributed by atoms with Crippen molar-refractivity contribution in [3.05, 3.63) is 17.5 Å². The third-order valence-corrected chi connectivity index (χ3v) is 3.07. The van der Waals surface area contributed by atoms with Gasteiger partial charge in [-0.05, 0) is 19.4 Å². The number of sulfone groups is 1. The highest BCUT2D eigenvalue weighted by Crippen LogP contribution is 2.19. The summed E-state index contributed by atoms with van der Waals surface area (Å²) in [6.45, 7) is 3.70. The lowest BCUT2D eigenvalue weighted by Gasteiger charge is -2.00. The fourth-order valence-electron chi connectivity index (χ4n) is 1.54. The number of nitrogens with zero attached hydrogens (tertiary/aromatic N) is 2. The molecule has 1 amide bonds. The summed E-state index contributed by atoms with van der Waals surface area (Å²) in [5.41, 5.74) is 6.43. The molecule has 2 heterocycles. The lowest BCUT2D eigenvalue weighted by molar-refractivity contribution is -0.106. The summed E-state index contributed by atoms with van der Waals surface area (Å²) >= 11 is 0. The zero-order valence-corrected chi connectivity index (χ0v) is 11.1. The lowest BCUT2D eigenvalue weighted by atomic mass is 10.2. The van der Waals surface area contributed by atoms with Crippen LogP contribution in [-0.4, -0.2) is 36.0 Å². The number of hydrogen-bond donors (Lipinski definition) is 2. The molecular formula is C10H14N4O3S. The highest BCUT2D eigenvalue weighted by Gasteiger charge is 2.15. The molecule has 0 fully saturated rings. The van der Waals surface area contributed by atoms with Crippen molar-refractivity contribution in [2.24, 2.45) is 5.73 Å². The van der Waals surface area contributed by atoms with Crippen LogP contribution in [-0.2, 0) is 14.6 Å². The monoisotopic (exact) mass is 270 g/mol.